The number of nitrogens with two attached hydrogens (primary N) is 1. The van der Waals surface area contributed by atoms with E-state index >= 15 is 0 Å². The first-order valence-electron chi connectivity index (χ1n) is 9.18. The molecule has 7 heteroatoms. The van der Waals surface area contributed by atoms with Crippen molar-refractivity contribution >= 4 is 34.8 Å². The van der Waals surface area contributed by atoms with Crippen molar-refractivity contribution < 1.29 is 4.79 Å². The van der Waals surface area contributed by atoms with E-state index in [9.17, 15) is 4.79 Å². The molecule has 29 heavy (non-hydrogen) atoms. The molecule has 1 aromatic heterocycles. The number of halogens is 2. The third-order valence-corrected chi connectivity index (χ3v) is 5.67. The van der Waals surface area contributed by atoms with Crippen molar-refractivity contribution in [2.75, 3.05) is 11.9 Å². The lowest BCUT2D eigenvalue weighted by Crippen LogP contribution is -2.36. The van der Waals surface area contributed by atoms with Gasteiger partial charge in [0, 0.05) is 23.8 Å². The van der Waals surface area contributed by atoms with Gasteiger partial charge in [0.15, 0.2) is 0 Å². The molecule has 3 aromatic rings. The van der Waals surface area contributed by atoms with Crippen LogP contribution in [0, 0.1) is 0 Å². The number of hydrogen-bond acceptors (Lipinski definition) is 3. The number of nitrogens with zero attached hydrogens (tertiary/aromatic N) is 2. The molecule has 4 rings (SSSR count). The predicted octanol–water partition coefficient (Wildman–Crippen LogP) is 4.96. The van der Waals surface area contributed by atoms with Gasteiger partial charge in [-0.15, -0.1) is 0 Å². The average Bonchev–Trinajstić information content (AvgIpc) is 3.01. The zero-order valence-electron chi connectivity index (χ0n) is 15.7. The fraction of sp³-hybridized carbons (Fsp3) is 0.136. The summed E-state index contributed by atoms with van der Waals surface area (Å²) >= 11 is 12.6. The van der Waals surface area contributed by atoms with Gasteiger partial charge in [0.25, 0.3) is 5.91 Å². The van der Waals surface area contributed by atoms with Crippen molar-refractivity contribution in [3.8, 4) is 11.3 Å². The van der Waals surface area contributed by atoms with Gasteiger partial charge < -0.3 is 20.5 Å². The van der Waals surface area contributed by atoms with Crippen LogP contribution in [0.1, 0.15) is 16.1 Å². The minimum Gasteiger partial charge on any atom is -0.365 e. The standard InChI is InChI=1S/C22H20Cl2N4O/c1-14(26-17-9-7-16(23)8-10-17)27-11-12-28-18(13-27)19(22(25)29)20(24)21(28)15-5-3-2-4-6-15/h2-10,26H,1,11-13H2,(H2,25,29). The maximum absolute atomic E-state index is 12.2. The first-order chi connectivity index (χ1) is 14.0. The Kier molecular flexibility index (Phi) is 5.26. The largest absolute Gasteiger partial charge is 0.365 e. The topological polar surface area (TPSA) is 63.3 Å². The van der Waals surface area contributed by atoms with Gasteiger partial charge in [-0.25, -0.2) is 0 Å². The highest BCUT2D eigenvalue weighted by Gasteiger charge is 2.30. The first kappa shape index (κ1) is 19.4. The smallest absolute Gasteiger partial charge is 0.252 e. The Hall–Kier alpha value is -2.89. The molecule has 0 aliphatic carbocycles. The summed E-state index contributed by atoms with van der Waals surface area (Å²) in [6, 6.07) is 17.2. The number of hydrogen-bond donors (Lipinski definition) is 2. The Morgan fingerprint density at radius 2 is 1.72 bits per heavy atom. The summed E-state index contributed by atoms with van der Waals surface area (Å²) in [6.07, 6.45) is 0. The maximum atomic E-state index is 12.2. The van der Waals surface area contributed by atoms with Gasteiger partial charge in [0.05, 0.1) is 34.3 Å². The van der Waals surface area contributed by atoms with Crippen molar-refractivity contribution in [2.45, 2.75) is 13.1 Å². The van der Waals surface area contributed by atoms with E-state index in [4.69, 9.17) is 28.9 Å². The molecule has 1 aliphatic rings. The Labute approximate surface area is 179 Å². The summed E-state index contributed by atoms with van der Waals surface area (Å²) in [4.78, 5) is 14.3. The second-order valence-electron chi connectivity index (χ2n) is 6.87. The lowest BCUT2D eigenvalue weighted by atomic mass is 10.1. The zero-order valence-corrected chi connectivity index (χ0v) is 17.2. The van der Waals surface area contributed by atoms with Crippen LogP contribution < -0.4 is 11.1 Å². The lowest BCUT2D eigenvalue weighted by molar-refractivity contribution is 0.0997. The average molecular weight is 427 g/mol. The van der Waals surface area contributed by atoms with E-state index < -0.39 is 5.91 Å². The molecule has 2 aromatic carbocycles. The number of fused-ring (bicyclic) bond motifs is 1. The molecule has 0 saturated heterocycles. The van der Waals surface area contributed by atoms with E-state index in [0.717, 1.165) is 35.0 Å². The van der Waals surface area contributed by atoms with Crippen molar-refractivity contribution in [2.24, 2.45) is 5.73 Å². The molecule has 0 bridgehead atoms. The Morgan fingerprint density at radius 3 is 2.38 bits per heavy atom. The normalized spacial score (nSPS) is 13.1. The number of primary amides is 1. The van der Waals surface area contributed by atoms with Crippen LogP contribution in [0.3, 0.4) is 0 Å². The summed E-state index contributed by atoms with van der Waals surface area (Å²) in [7, 11) is 0. The van der Waals surface area contributed by atoms with Crippen molar-refractivity contribution in [1.82, 2.24) is 9.47 Å². The number of nitrogens with one attached hydrogen (secondary N) is 1. The molecule has 0 spiro atoms. The molecular weight excluding hydrogens is 407 g/mol. The van der Waals surface area contributed by atoms with E-state index in [1.165, 1.54) is 0 Å². The van der Waals surface area contributed by atoms with Crippen LogP contribution in [0.2, 0.25) is 10.0 Å². The summed E-state index contributed by atoms with van der Waals surface area (Å²) in [5.41, 5.74) is 9.52. The third kappa shape index (κ3) is 3.71. The van der Waals surface area contributed by atoms with Gasteiger partial charge in [-0.05, 0) is 29.8 Å². The van der Waals surface area contributed by atoms with Crippen LogP contribution in [0.15, 0.2) is 67.0 Å². The molecule has 1 aliphatic heterocycles. The highest BCUT2D eigenvalue weighted by molar-refractivity contribution is 6.36. The third-order valence-electron chi connectivity index (χ3n) is 5.05. The number of aromatic nitrogens is 1. The second kappa shape index (κ2) is 7.85. The Balaban J connectivity index is 1.66. The minimum absolute atomic E-state index is 0.370. The van der Waals surface area contributed by atoms with Crippen LogP contribution in [0.25, 0.3) is 11.3 Å². The molecule has 5 nitrogen and oxygen atoms in total. The SMILES string of the molecule is C=C(Nc1ccc(Cl)cc1)N1CCn2c(c(C(N)=O)c(Cl)c2-c2ccccc2)C1. The molecule has 3 N–H and O–H groups in total. The maximum Gasteiger partial charge on any atom is 0.252 e. The summed E-state index contributed by atoms with van der Waals surface area (Å²) in [5, 5.41) is 4.36. The first-order valence-corrected chi connectivity index (χ1v) is 9.94. The molecule has 1 amide bonds. The Bertz CT molecular complexity index is 1070. The highest BCUT2D eigenvalue weighted by Crippen LogP contribution is 2.38. The van der Waals surface area contributed by atoms with E-state index in [1.54, 1.807) is 0 Å². The molecule has 0 radical (unpaired) electrons. The van der Waals surface area contributed by atoms with Crippen LogP contribution in [0.5, 0.6) is 0 Å². The van der Waals surface area contributed by atoms with E-state index in [1.807, 2.05) is 54.6 Å². The predicted molar refractivity (Wildman–Crippen MR) is 118 cm³/mol. The number of anilines is 1. The van der Waals surface area contributed by atoms with E-state index in [-0.39, 0.29) is 0 Å². The monoisotopic (exact) mass is 426 g/mol. The number of benzene rings is 2. The summed E-state index contributed by atoms with van der Waals surface area (Å²) in [6.45, 7) is 6.01. The highest BCUT2D eigenvalue weighted by atomic mass is 35.5. The molecule has 0 atom stereocenters. The van der Waals surface area contributed by atoms with Gasteiger partial charge in [-0.3, -0.25) is 4.79 Å². The molecule has 0 saturated carbocycles. The van der Waals surface area contributed by atoms with Gasteiger partial charge in [-0.1, -0.05) is 60.1 Å². The van der Waals surface area contributed by atoms with Crippen LogP contribution in [-0.4, -0.2) is 21.9 Å². The molecular formula is C22H20Cl2N4O. The number of carbonyl (C=O) groups excluding carboxylic acids is 1. The van der Waals surface area contributed by atoms with Gasteiger partial charge in [0.2, 0.25) is 0 Å². The fourth-order valence-electron chi connectivity index (χ4n) is 3.66. The fourth-order valence-corrected chi connectivity index (χ4v) is 4.20. The van der Waals surface area contributed by atoms with Gasteiger partial charge in [0.1, 0.15) is 0 Å². The summed E-state index contributed by atoms with van der Waals surface area (Å²) in [5.74, 6) is 0.201. The van der Waals surface area contributed by atoms with Crippen molar-refractivity contribution in [1.29, 1.82) is 0 Å². The quantitative estimate of drug-likeness (QED) is 0.605. The number of carbonyl (C=O) groups is 1. The molecule has 148 valence electrons. The van der Waals surface area contributed by atoms with Crippen LogP contribution >= 0.6 is 23.2 Å². The minimum atomic E-state index is -0.529. The van der Waals surface area contributed by atoms with E-state index in [2.05, 4.69) is 21.4 Å². The number of rotatable bonds is 5. The van der Waals surface area contributed by atoms with Crippen molar-refractivity contribution in [3.05, 3.63) is 88.3 Å². The second-order valence-corrected chi connectivity index (χ2v) is 7.68. The van der Waals surface area contributed by atoms with Crippen LogP contribution in [-0.2, 0) is 13.1 Å². The van der Waals surface area contributed by atoms with Crippen molar-refractivity contribution in [3.63, 3.8) is 0 Å². The zero-order chi connectivity index (χ0) is 20.5. The van der Waals surface area contributed by atoms with Crippen LogP contribution in [0.4, 0.5) is 5.69 Å². The summed E-state index contributed by atoms with van der Waals surface area (Å²) < 4.78 is 2.09. The molecule has 2 heterocycles. The number of amides is 1. The van der Waals surface area contributed by atoms with Gasteiger partial charge >= 0.3 is 0 Å². The lowest BCUT2D eigenvalue weighted by Gasteiger charge is -2.33. The molecule has 0 unspecified atom stereocenters. The Morgan fingerprint density at radius 1 is 1.03 bits per heavy atom. The van der Waals surface area contributed by atoms with Gasteiger partial charge in [-0.2, -0.15) is 0 Å². The molecule has 0 fully saturated rings. The van der Waals surface area contributed by atoms with E-state index in [0.29, 0.717) is 28.7 Å².